The van der Waals surface area contributed by atoms with Crippen molar-refractivity contribution in [1.29, 1.82) is 0 Å². The molecule has 0 aromatic carbocycles. The van der Waals surface area contributed by atoms with Gasteiger partial charge < -0.3 is 11.1 Å². The lowest BCUT2D eigenvalue weighted by molar-refractivity contribution is -0.117. The molecule has 1 atom stereocenters. The maximum absolute atomic E-state index is 11.5. The van der Waals surface area contributed by atoms with E-state index >= 15 is 0 Å². The Morgan fingerprint density at radius 3 is 2.94 bits per heavy atom. The summed E-state index contributed by atoms with van der Waals surface area (Å²) in [5.74, 6) is 0.304. The van der Waals surface area contributed by atoms with Gasteiger partial charge in [-0.15, -0.1) is 0 Å². The van der Waals surface area contributed by atoms with E-state index in [0.717, 1.165) is 0 Å². The first-order valence-corrected chi connectivity index (χ1v) is 5.20. The zero-order valence-corrected chi connectivity index (χ0v) is 9.37. The number of nitrogens with zero attached hydrogens (tertiary/aromatic N) is 3. The van der Waals surface area contributed by atoms with Crippen LogP contribution in [0.15, 0.2) is 36.8 Å². The van der Waals surface area contributed by atoms with E-state index in [1.54, 1.807) is 48.4 Å². The molecule has 0 aliphatic rings. The minimum Gasteiger partial charge on any atom is -0.322 e. The lowest BCUT2D eigenvalue weighted by Gasteiger charge is -2.11. The number of hydrogen-bond acceptors (Lipinski definition) is 4. The number of amides is 1. The van der Waals surface area contributed by atoms with Crippen LogP contribution in [0.5, 0.6) is 0 Å². The quantitative estimate of drug-likeness (QED) is 0.807. The number of rotatable bonds is 3. The molecule has 6 heteroatoms. The fraction of sp³-hybridized carbons (Fsp3) is 0.182. The third kappa shape index (κ3) is 2.48. The Balaban J connectivity index is 2.32. The highest BCUT2D eigenvalue weighted by atomic mass is 16.2. The van der Waals surface area contributed by atoms with Crippen molar-refractivity contribution in [2.75, 3.05) is 5.32 Å². The monoisotopic (exact) mass is 231 g/mol. The molecule has 0 unspecified atom stereocenters. The molecule has 0 bridgehead atoms. The van der Waals surface area contributed by atoms with Crippen molar-refractivity contribution in [1.82, 2.24) is 14.8 Å². The molecule has 2 aromatic heterocycles. The van der Waals surface area contributed by atoms with E-state index in [2.05, 4.69) is 15.4 Å². The summed E-state index contributed by atoms with van der Waals surface area (Å²) in [5.41, 5.74) is 6.08. The Morgan fingerprint density at radius 2 is 2.29 bits per heavy atom. The molecule has 0 fully saturated rings. The molecule has 2 heterocycles. The van der Waals surface area contributed by atoms with E-state index in [0.29, 0.717) is 11.5 Å². The molecule has 0 saturated carbocycles. The van der Waals surface area contributed by atoms with Crippen LogP contribution in [0, 0.1) is 0 Å². The van der Waals surface area contributed by atoms with Crippen molar-refractivity contribution in [3.05, 3.63) is 36.8 Å². The Bertz CT molecular complexity index is 506. The van der Waals surface area contributed by atoms with Gasteiger partial charge in [0.25, 0.3) is 0 Å². The van der Waals surface area contributed by atoms with E-state index in [9.17, 15) is 4.79 Å². The Hall–Kier alpha value is -2.21. The molecule has 0 aliphatic heterocycles. The normalized spacial score (nSPS) is 12.1. The number of hydrogen-bond donors (Lipinski definition) is 2. The first-order valence-electron chi connectivity index (χ1n) is 5.20. The predicted molar refractivity (Wildman–Crippen MR) is 63.6 cm³/mol. The second-order valence-electron chi connectivity index (χ2n) is 3.60. The average molecular weight is 231 g/mol. The van der Waals surface area contributed by atoms with Crippen LogP contribution in [0.3, 0.4) is 0 Å². The fourth-order valence-corrected chi connectivity index (χ4v) is 1.32. The smallest absolute Gasteiger partial charge is 0.241 e. The van der Waals surface area contributed by atoms with Crippen molar-refractivity contribution in [2.24, 2.45) is 5.73 Å². The maximum atomic E-state index is 11.5. The van der Waals surface area contributed by atoms with Crippen molar-refractivity contribution in [3.63, 3.8) is 0 Å². The van der Waals surface area contributed by atoms with Crippen molar-refractivity contribution < 1.29 is 4.79 Å². The van der Waals surface area contributed by atoms with Gasteiger partial charge in [0, 0.05) is 18.6 Å². The van der Waals surface area contributed by atoms with Crippen LogP contribution >= 0.6 is 0 Å². The largest absolute Gasteiger partial charge is 0.322 e. The molecule has 0 saturated heterocycles. The summed E-state index contributed by atoms with van der Waals surface area (Å²) in [7, 11) is 0. The van der Waals surface area contributed by atoms with Gasteiger partial charge in [0.15, 0.2) is 5.82 Å². The lowest BCUT2D eigenvalue weighted by Crippen LogP contribution is -2.32. The molecule has 2 rings (SSSR count). The molecular formula is C11H13N5O. The Morgan fingerprint density at radius 1 is 1.47 bits per heavy atom. The molecule has 1 amide bonds. The van der Waals surface area contributed by atoms with E-state index in [1.165, 1.54) is 0 Å². The second kappa shape index (κ2) is 4.75. The summed E-state index contributed by atoms with van der Waals surface area (Å²) in [6.07, 6.45) is 5.04. The SMILES string of the molecule is C[C@H](N)C(=O)Nc1cccnc1-n1cccn1. The molecule has 0 aliphatic carbocycles. The van der Waals surface area contributed by atoms with E-state index in [4.69, 9.17) is 5.73 Å². The average Bonchev–Trinajstić information content (AvgIpc) is 2.83. The number of carbonyl (C=O) groups excluding carboxylic acids is 1. The van der Waals surface area contributed by atoms with Crippen LogP contribution in [0.25, 0.3) is 5.82 Å². The standard InChI is InChI=1S/C11H13N5O/c1-8(12)11(17)15-9-4-2-5-13-10(9)16-7-3-6-14-16/h2-8H,12H2,1H3,(H,15,17)/t8-/m0/s1. The molecule has 0 radical (unpaired) electrons. The summed E-state index contributed by atoms with van der Waals surface area (Å²) in [6, 6.07) is 4.71. The maximum Gasteiger partial charge on any atom is 0.241 e. The van der Waals surface area contributed by atoms with Crippen LogP contribution in [0.4, 0.5) is 5.69 Å². The molecule has 3 N–H and O–H groups in total. The summed E-state index contributed by atoms with van der Waals surface area (Å²) in [5, 5.41) is 6.78. The molecule has 0 spiro atoms. The Kier molecular flexibility index (Phi) is 3.15. The first-order chi connectivity index (χ1) is 8.18. The van der Waals surface area contributed by atoms with Gasteiger partial charge in [-0.05, 0) is 25.1 Å². The number of pyridine rings is 1. The van der Waals surface area contributed by atoms with Crippen LogP contribution in [-0.4, -0.2) is 26.7 Å². The van der Waals surface area contributed by atoms with Gasteiger partial charge in [-0.2, -0.15) is 5.10 Å². The van der Waals surface area contributed by atoms with Crippen LogP contribution in [0.2, 0.25) is 0 Å². The van der Waals surface area contributed by atoms with Gasteiger partial charge in [-0.1, -0.05) is 0 Å². The first kappa shape index (κ1) is 11.3. The summed E-state index contributed by atoms with van der Waals surface area (Å²) in [4.78, 5) is 15.7. The third-order valence-electron chi connectivity index (χ3n) is 2.18. The number of carbonyl (C=O) groups is 1. The van der Waals surface area contributed by atoms with Crippen LogP contribution in [-0.2, 0) is 4.79 Å². The van der Waals surface area contributed by atoms with Gasteiger partial charge in [0.05, 0.1) is 11.7 Å². The van der Waals surface area contributed by atoms with Crippen LogP contribution in [0.1, 0.15) is 6.92 Å². The van der Waals surface area contributed by atoms with E-state index < -0.39 is 6.04 Å². The van der Waals surface area contributed by atoms with Gasteiger partial charge in [-0.3, -0.25) is 4.79 Å². The van der Waals surface area contributed by atoms with Gasteiger partial charge >= 0.3 is 0 Å². The fourth-order valence-electron chi connectivity index (χ4n) is 1.32. The molecular weight excluding hydrogens is 218 g/mol. The van der Waals surface area contributed by atoms with Gasteiger partial charge in [0.2, 0.25) is 5.91 Å². The minimum atomic E-state index is -0.569. The van der Waals surface area contributed by atoms with Gasteiger partial charge in [-0.25, -0.2) is 9.67 Å². The van der Waals surface area contributed by atoms with Gasteiger partial charge in [0.1, 0.15) is 0 Å². The van der Waals surface area contributed by atoms with E-state index in [1.807, 2.05) is 0 Å². The number of aromatic nitrogens is 3. The van der Waals surface area contributed by atoms with Crippen LogP contribution < -0.4 is 11.1 Å². The number of anilines is 1. The minimum absolute atomic E-state index is 0.258. The molecule has 2 aromatic rings. The van der Waals surface area contributed by atoms with E-state index in [-0.39, 0.29) is 5.91 Å². The molecule has 17 heavy (non-hydrogen) atoms. The number of nitrogens with one attached hydrogen (secondary N) is 1. The zero-order chi connectivity index (χ0) is 12.3. The van der Waals surface area contributed by atoms with Crippen molar-refractivity contribution >= 4 is 11.6 Å². The third-order valence-corrected chi connectivity index (χ3v) is 2.18. The second-order valence-corrected chi connectivity index (χ2v) is 3.60. The molecule has 6 nitrogen and oxygen atoms in total. The molecule has 88 valence electrons. The lowest BCUT2D eigenvalue weighted by atomic mass is 10.3. The Labute approximate surface area is 98.5 Å². The zero-order valence-electron chi connectivity index (χ0n) is 9.37. The highest BCUT2D eigenvalue weighted by molar-refractivity contribution is 5.95. The predicted octanol–water partition coefficient (Wildman–Crippen LogP) is 0.553. The highest BCUT2D eigenvalue weighted by Gasteiger charge is 2.11. The number of nitrogens with two attached hydrogens (primary N) is 1. The summed E-state index contributed by atoms with van der Waals surface area (Å²) in [6.45, 7) is 1.62. The van der Waals surface area contributed by atoms with Crippen molar-refractivity contribution in [3.8, 4) is 5.82 Å². The topological polar surface area (TPSA) is 85.8 Å². The van der Waals surface area contributed by atoms with Crippen molar-refractivity contribution in [2.45, 2.75) is 13.0 Å². The summed E-state index contributed by atoms with van der Waals surface area (Å²) >= 11 is 0. The summed E-state index contributed by atoms with van der Waals surface area (Å²) < 4.78 is 1.58. The highest BCUT2D eigenvalue weighted by Crippen LogP contribution is 2.15.